The molecular formula is C12H14N2O5. The van der Waals surface area contributed by atoms with Gasteiger partial charge in [-0.2, -0.15) is 0 Å². The van der Waals surface area contributed by atoms with Gasteiger partial charge in [-0.15, -0.1) is 0 Å². The average Bonchev–Trinajstić information content (AvgIpc) is 2.36. The molecule has 0 heterocycles. The first-order valence-corrected chi connectivity index (χ1v) is 5.50. The average molecular weight is 266 g/mol. The fourth-order valence-corrected chi connectivity index (χ4v) is 1.26. The molecule has 0 atom stereocenters. The second-order valence-electron chi connectivity index (χ2n) is 3.66. The van der Waals surface area contributed by atoms with E-state index >= 15 is 0 Å². The zero-order chi connectivity index (χ0) is 14.3. The molecule has 0 aliphatic heterocycles. The van der Waals surface area contributed by atoms with Gasteiger partial charge in [-0.05, 0) is 18.2 Å². The van der Waals surface area contributed by atoms with Crippen LogP contribution in [0.4, 0.5) is 0 Å². The number of amides is 2. The molecule has 2 amide bonds. The Labute approximate surface area is 109 Å². The number of ether oxygens (including phenoxy) is 1. The lowest BCUT2D eigenvalue weighted by Gasteiger charge is -2.07. The first-order chi connectivity index (χ1) is 8.99. The summed E-state index contributed by atoms with van der Waals surface area (Å²) in [5.74, 6) is -1.68. The third-order valence-electron chi connectivity index (χ3n) is 2.15. The molecule has 0 aromatic heterocycles. The fourth-order valence-electron chi connectivity index (χ4n) is 1.26. The summed E-state index contributed by atoms with van der Waals surface area (Å²) in [7, 11) is 0. The molecule has 19 heavy (non-hydrogen) atoms. The van der Waals surface area contributed by atoms with Gasteiger partial charge in [-0.25, -0.2) is 0 Å². The Morgan fingerprint density at radius 2 is 2.05 bits per heavy atom. The van der Waals surface area contributed by atoms with Crippen molar-refractivity contribution >= 4 is 17.8 Å². The van der Waals surface area contributed by atoms with Crippen molar-refractivity contribution in [2.24, 2.45) is 5.73 Å². The molecule has 0 fully saturated rings. The Morgan fingerprint density at radius 1 is 1.32 bits per heavy atom. The van der Waals surface area contributed by atoms with E-state index in [9.17, 15) is 14.4 Å². The van der Waals surface area contributed by atoms with Crippen molar-refractivity contribution < 1.29 is 24.2 Å². The SMILES string of the molecule is NC(=O)c1cccc(OCCC(=O)NCC(=O)O)c1. The Morgan fingerprint density at radius 3 is 2.68 bits per heavy atom. The number of carbonyl (C=O) groups excluding carboxylic acids is 2. The third kappa shape index (κ3) is 5.53. The summed E-state index contributed by atoms with van der Waals surface area (Å²) in [4.78, 5) is 32.3. The second-order valence-corrected chi connectivity index (χ2v) is 3.66. The number of aliphatic carboxylic acids is 1. The number of carbonyl (C=O) groups is 3. The fraction of sp³-hybridized carbons (Fsp3) is 0.250. The summed E-state index contributed by atoms with van der Waals surface area (Å²) in [6, 6.07) is 6.26. The summed E-state index contributed by atoms with van der Waals surface area (Å²) in [6.45, 7) is -0.344. The number of benzene rings is 1. The Bertz CT molecular complexity index is 487. The smallest absolute Gasteiger partial charge is 0.322 e. The lowest BCUT2D eigenvalue weighted by atomic mass is 10.2. The highest BCUT2D eigenvalue weighted by atomic mass is 16.5. The monoisotopic (exact) mass is 266 g/mol. The van der Waals surface area contributed by atoms with Crippen LogP contribution in [0.1, 0.15) is 16.8 Å². The highest BCUT2D eigenvalue weighted by molar-refractivity contribution is 5.93. The number of primary amides is 1. The third-order valence-corrected chi connectivity index (χ3v) is 2.15. The quantitative estimate of drug-likeness (QED) is 0.629. The number of carboxylic acids is 1. The van der Waals surface area contributed by atoms with Crippen LogP contribution in [0.5, 0.6) is 5.75 Å². The Kier molecular flexibility index (Phi) is 5.34. The zero-order valence-electron chi connectivity index (χ0n) is 10.1. The van der Waals surface area contributed by atoms with Crippen LogP contribution < -0.4 is 15.8 Å². The van der Waals surface area contributed by atoms with Crippen LogP contribution in [-0.2, 0) is 9.59 Å². The van der Waals surface area contributed by atoms with Crippen molar-refractivity contribution in [3.8, 4) is 5.75 Å². The molecule has 1 aromatic carbocycles. The predicted molar refractivity (Wildman–Crippen MR) is 65.7 cm³/mol. The molecular weight excluding hydrogens is 252 g/mol. The summed E-state index contributed by atoms with van der Waals surface area (Å²) < 4.78 is 5.26. The molecule has 0 radical (unpaired) electrons. The zero-order valence-corrected chi connectivity index (χ0v) is 10.1. The van der Waals surface area contributed by atoms with E-state index in [4.69, 9.17) is 15.6 Å². The maximum atomic E-state index is 11.2. The van der Waals surface area contributed by atoms with Gasteiger partial charge in [0.1, 0.15) is 12.3 Å². The van der Waals surface area contributed by atoms with Crippen LogP contribution >= 0.6 is 0 Å². The van der Waals surface area contributed by atoms with Crippen molar-refractivity contribution in [2.45, 2.75) is 6.42 Å². The molecule has 7 nitrogen and oxygen atoms in total. The standard InChI is InChI=1S/C12H14N2O5/c13-12(18)8-2-1-3-9(6-8)19-5-4-10(15)14-7-11(16)17/h1-3,6H,4-5,7H2,(H2,13,18)(H,14,15)(H,16,17). The largest absolute Gasteiger partial charge is 0.493 e. The molecule has 7 heteroatoms. The van der Waals surface area contributed by atoms with E-state index in [1.54, 1.807) is 18.2 Å². The highest BCUT2D eigenvalue weighted by Crippen LogP contribution is 2.12. The molecule has 4 N–H and O–H groups in total. The van der Waals surface area contributed by atoms with Crippen LogP contribution in [0.3, 0.4) is 0 Å². The van der Waals surface area contributed by atoms with Crippen molar-refractivity contribution in [1.82, 2.24) is 5.32 Å². The first-order valence-electron chi connectivity index (χ1n) is 5.50. The molecule has 0 bridgehead atoms. The van der Waals surface area contributed by atoms with Crippen LogP contribution in [0.25, 0.3) is 0 Å². The van der Waals surface area contributed by atoms with Gasteiger partial charge < -0.3 is 20.9 Å². The van der Waals surface area contributed by atoms with Crippen molar-refractivity contribution in [3.63, 3.8) is 0 Å². The number of nitrogens with one attached hydrogen (secondary N) is 1. The summed E-state index contributed by atoms with van der Waals surface area (Å²) >= 11 is 0. The van der Waals surface area contributed by atoms with Gasteiger partial charge >= 0.3 is 5.97 Å². The lowest BCUT2D eigenvalue weighted by Crippen LogP contribution is -2.30. The number of carboxylic acid groups (broad SMARTS) is 1. The van der Waals surface area contributed by atoms with Gasteiger partial charge in [0.05, 0.1) is 13.0 Å². The van der Waals surface area contributed by atoms with Gasteiger partial charge in [0.15, 0.2) is 0 Å². The van der Waals surface area contributed by atoms with Gasteiger partial charge in [-0.3, -0.25) is 14.4 Å². The molecule has 102 valence electrons. The minimum Gasteiger partial charge on any atom is -0.493 e. The lowest BCUT2D eigenvalue weighted by molar-refractivity contribution is -0.138. The molecule has 0 saturated carbocycles. The van der Waals surface area contributed by atoms with E-state index in [-0.39, 0.29) is 13.0 Å². The number of hydrogen-bond donors (Lipinski definition) is 3. The number of nitrogens with two attached hydrogens (primary N) is 1. The van der Waals surface area contributed by atoms with Gasteiger partial charge in [0.25, 0.3) is 0 Å². The maximum absolute atomic E-state index is 11.2. The number of hydrogen-bond acceptors (Lipinski definition) is 4. The van der Waals surface area contributed by atoms with Crippen LogP contribution in [0, 0.1) is 0 Å². The Balaban J connectivity index is 2.36. The van der Waals surface area contributed by atoms with E-state index in [0.717, 1.165) is 0 Å². The molecule has 1 aromatic rings. The molecule has 0 aliphatic rings. The molecule has 1 rings (SSSR count). The maximum Gasteiger partial charge on any atom is 0.322 e. The van der Waals surface area contributed by atoms with Crippen molar-refractivity contribution in [2.75, 3.05) is 13.2 Å². The van der Waals surface area contributed by atoms with Crippen molar-refractivity contribution in [3.05, 3.63) is 29.8 Å². The van der Waals surface area contributed by atoms with Gasteiger partial charge in [0.2, 0.25) is 11.8 Å². The number of rotatable bonds is 7. The van der Waals surface area contributed by atoms with Crippen molar-refractivity contribution in [1.29, 1.82) is 0 Å². The summed E-state index contributed by atoms with van der Waals surface area (Å²) in [6.07, 6.45) is 0.0219. The minimum absolute atomic E-state index is 0.0219. The summed E-state index contributed by atoms with van der Waals surface area (Å²) in [5, 5.41) is 10.6. The molecule has 0 saturated heterocycles. The van der Waals surface area contributed by atoms with Crippen LogP contribution in [-0.4, -0.2) is 36.0 Å². The Hall–Kier alpha value is -2.57. The molecule has 0 spiro atoms. The molecule has 0 aliphatic carbocycles. The van der Waals surface area contributed by atoms with Gasteiger partial charge in [-0.1, -0.05) is 6.07 Å². The van der Waals surface area contributed by atoms with E-state index in [1.807, 2.05) is 0 Å². The molecule has 0 unspecified atom stereocenters. The van der Waals surface area contributed by atoms with Gasteiger partial charge in [0, 0.05) is 5.56 Å². The normalized spacial score (nSPS) is 9.68. The van der Waals surface area contributed by atoms with E-state index < -0.39 is 24.3 Å². The van der Waals surface area contributed by atoms with Crippen LogP contribution in [0.15, 0.2) is 24.3 Å². The summed E-state index contributed by atoms with van der Waals surface area (Å²) in [5.41, 5.74) is 5.43. The van der Waals surface area contributed by atoms with E-state index in [2.05, 4.69) is 5.32 Å². The first kappa shape index (κ1) is 14.5. The van der Waals surface area contributed by atoms with E-state index in [1.165, 1.54) is 6.07 Å². The topological polar surface area (TPSA) is 119 Å². The second kappa shape index (κ2) is 7.00. The minimum atomic E-state index is -1.11. The predicted octanol–water partition coefficient (Wildman–Crippen LogP) is -0.245. The van der Waals surface area contributed by atoms with E-state index in [0.29, 0.717) is 11.3 Å². The highest BCUT2D eigenvalue weighted by Gasteiger charge is 2.05. The van der Waals surface area contributed by atoms with Crippen LogP contribution in [0.2, 0.25) is 0 Å².